The molecule has 1 aliphatic heterocycles. The second-order valence-electron chi connectivity index (χ2n) is 7.70. The van der Waals surface area contributed by atoms with Gasteiger partial charge in [0.05, 0.1) is 11.1 Å². The van der Waals surface area contributed by atoms with Gasteiger partial charge in [-0.3, -0.25) is 9.80 Å². The summed E-state index contributed by atoms with van der Waals surface area (Å²) in [6.45, 7) is 3.47. The van der Waals surface area contributed by atoms with E-state index in [1.165, 1.54) is 33.1 Å². The van der Waals surface area contributed by atoms with Crippen LogP contribution in [0.1, 0.15) is 28.4 Å². The van der Waals surface area contributed by atoms with Gasteiger partial charge in [0, 0.05) is 11.1 Å². The minimum Gasteiger partial charge on any atom is -0.274 e. The Kier molecular flexibility index (Phi) is 5.69. The van der Waals surface area contributed by atoms with E-state index >= 15 is 0 Å². The normalized spacial score (nSPS) is 22.0. The lowest BCUT2D eigenvalue weighted by Gasteiger charge is -2.25. The molecule has 2 N–H and O–H groups in total. The van der Waals surface area contributed by atoms with Crippen molar-refractivity contribution in [3.05, 3.63) is 107 Å². The van der Waals surface area contributed by atoms with Crippen LogP contribution in [0.2, 0.25) is 0 Å². The van der Waals surface area contributed by atoms with Gasteiger partial charge in [-0.25, -0.2) is 0 Å². The standard InChI is InChI=1S/C24H23F3N2/c25-24(26,27)22-13-7-12-21(16-22)23-28(17-19-8-3-1-4-9-19)14-15-29(23)18-20-10-5-2-6-11-20/h1-13,16,23H,14-15,17-18H2/p+2. The molecule has 2 nitrogen and oxygen atoms in total. The Morgan fingerprint density at radius 3 is 1.69 bits per heavy atom. The van der Waals surface area contributed by atoms with E-state index in [0.29, 0.717) is 0 Å². The molecule has 1 saturated heterocycles. The van der Waals surface area contributed by atoms with Gasteiger partial charge in [0.15, 0.2) is 0 Å². The van der Waals surface area contributed by atoms with Crippen LogP contribution in [0.15, 0.2) is 84.9 Å². The number of alkyl halides is 3. The summed E-state index contributed by atoms with van der Waals surface area (Å²) in [6.07, 6.45) is -4.36. The zero-order valence-corrected chi connectivity index (χ0v) is 16.1. The molecule has 1 heterocycles. The zero-order valence-electron chi connectivity index (χ0n) is 16.1. The van der Waals surface area contributed by atoms with E-state index in [1.54, 1.807) is 0 Å². The topological polar surface area (TPSA) is 8.88 Å². The molecule has 0 spiro atoms. The highest BCUT2D eigenvalue weighted by molar-refractivity contribution is 5.26. The van der Waals surface area contributed by atoms with Crippen LogP contribution in [0.4, 0.5) is 13.2 Å². The molecule has 0 bridgehead atoms. The van der Waals surface area contributed by atoms with Crippen molar-refractivity contribution in [1.82, 2.24) is 0 Å². The lowest BCUT2D eigenvalue weighted by Crippen LogP contribution is -3.22. The Hall–Kier alpha value is -2.63. The summed E-state index contributed by atoms with van der Waals surface area (Å²) < 4.78 is 40.0. The van der Waals surface area contributed by atoms with Crippen molar-refractivity contribution < 1.29 is 23.0 Å². The smallest absolute Gasteiger partial charge is 0.274 e. The molecule has 4 rings (SSSR count). The lowest BCUT2D eigenvalue weighted by atomic mass is 10.1. The number of rotatable bonds is 5. The van der Waals surface area contributed by atoms with Crippen LogP contribution in [0.5, 0.6) is 0 Å². The Bertz CT molecular complexity index is 876. The Balaban J connectivity index is 1.65. The van der Waals surface area contributed by atoms with Crippen LogP contribution >= 0.6 is 0 Å². The SMILES string of the molecule is FC(F)(F)c1cccc(C2[NH+](Cc3ccccc3)CC[NH+]2Cc2ccccc2)c1. The third-order valence-electron chi connectivity index (χ3n) is 5.68. The van der Waals surface area contributed by atoms with Gasteiger partial charge in [0.2, 0.25) is 6.17 Å². The van der Waals surface area contributed by atoms with Gasteiger partial charge < -0.3 is 0 Å². The van der Waals surface area contributed by atoms with Gasteiger partial charge in [-0.2, -0.15) is 13.2 Å². The summed E-state index contributed by atoms with van der Waals surface area (Å²) in [5.74, 6) is 0. The molecule has 0 aromatic heterocycles. The largest absolute Gasteiger partial charge is 0.416 e. The molecule has 2 atom stereocenters. The van der Waals surface area contributed by atoms with Crippen LogP contribution < -0.4 is 9.80 Å². The fourth-order valence-electron chi connectivity index (χ4n) is 4.36. The van der Waals surface area contributed by atoms with Crippen molar-refractivity contribution >= 4 is 0 Å². The van der Waals surface area contributed by atoms with Crippen LogP contribution in [-0.2, 0) is 19.3 Å². The molecule has 0 aliphatic carbocycles. The van der Waals surface area contributed by atoms with E-state index in [0.717, 1.165) is 37.8 Å². The van der Waals surface area contributed by atoms with E-state index in [9.17, 15) is 13.2 Å². The maximum absolute atomic E-state index is 13.3. The molecule has 3 aromatic carbocycles. The quantitative estimate of drug-likeness (QED) is 0.654. The maximum atomic E-state index is 13.3. The van der Waals surface area contributed by atoms with Crippen molar-refractivity contribution in [2.75, 3.05) is 13.1 Å². The summed E-state index contributed by atoms with van der Waals surface area (Å²) in [5, 5.41) is 0. The first-order valence-electron chi connectivity index (χ1n) is 9.95. The molecular weight excluding hydrogens is 373 g/mol. The fourth-order valence-corrected chi connectivity index (χ4v) is 4.36. The lowest BCUT2D eigenvalue weighted by molar-refractivity contribution is -1.09. The average molecular weight is 398 g/mol. The van der Waals surface area contributed by atoms with Crippen LogP contribution in [0.25, 0.3) is 0 Å². The molecule has 1 aliphatic rings. The highest BCUT2D eigenvalue weighted by atomic mass is 19.4. The second kappa shape index (κ2) is 8.39. The summed E-state index contributed by atoms with van der Waals surface area (Å²) in [7, 11) is 0. The average Bonchev–Trinajstić information content (AvgIpc) is 3.11. The number of hydrogen-bond donors (Lipinski definition) is 2. The third kappa shape index (κ3) is 4.69. The first-order valence-corrected chi connectivity index (χ1v) is 9.95. The van der Waals surface area contributed by atoms with Crippen LogP contribution in [0.3, 0.4) is 0 Å². The second-order valence-corrected chi connectivity index (χ2v) is 7.70. The van der Waals surface area contributed by atoms with Gasteiger partial charge in [-0.15, -0.1) is 0 Å². The monoisotopic (exact) mass is 398 g/mol. The van der Waals surface area contributed by atoms with E-state index in [4.69, 9.17) is 0 Å². The van der Waals surface area contributed by atoms with Gasteiger partial charge in [0.1, 0.15) is 26.2 Å². The van der Waals surface area contributed by atoms with Gasteiger partial charge in [-0.1, -0.05) is 66.7 Å². The molecule has 3 aromatic rings. The third-order valence-corrected chi connectivity index (χ3v) is 5.68. The van der Waals surface area contributed by atoms with Crippen molar-refractivity contribution in [2.24, 2.45) is 0 Å². The Labute approximate surface area is 169 Å². The Morgan fingerprint density at radius 1 is 0.690 bits per heavy atom. The number of halogens is 3. The van der Waals surface area contributed by atoms with Crippen LogP contribution in [-0.4, -0.2) is 13.1 Å². The summed E-state index contributed by atoms with van der Waals surface area (Å²) in [4.78, 5) is 2.61. The molecule has 0 amide bonds. The molecule has 150 valence electrons. The zero-order chi connectivity index (χ0) is 20.3. The first kappa shape index (κ1) is 19.7. The summed E-state index contributed by atoms with van der Waals surface area (Å²) >= 11 is 0. The molecule has 2 unspecified atom stereocenters. The highest BCUT2D eigenvalue weighted by Gasteiger charge is 2.42. The van der Waals surface area contributed by atoms with Gasteiger partial charge >= 0.3 is 6.18 Å². The molecule has 1 fully saturated rings. The summed E-state index contributed by atoms with van der Waals surface area (Å²) in [5.41, 5.74) is 2.61. The van der Waals surface area contributed by atoms with Gasteiger partial charge in [-0.05, 0) is 18.2 Å². The van der Waals surface area contributed by atoms with Crippen molar-refractivity contribution in [3.8, 4) is 0 Å². The number of hydrogen-bond acceptors (Lipinski definition) is 0. The number of nitrogens with one attached hydrogen (secondary N) is 2. The van der Waals surface area contributed by atoms with Crippen LogP contribution in [0, 0.1) is 0 Å². The molecular formula is C24H25F3N2+2. The predicted molar refractivity (Wildman–Crippen MR) is 106 cm³/mol. The van der Waals surface area contributed by atoms with E-state index in [1.807, 2.05) is 42.5 Å². The fraction of sp³-hybridized carbons (Fsp3) is 0.250. The number of quaternary nitrogens is 2. The van der Waals surface area contributed by atoms with Crippen molar-refractivity contribution in [3.63, 3.8) is 0 Å². The van der Waals surface area contributed by atoms with Gasteiger partial charge in [0.25, 0.3) is 0 Å². The number of benzene rings is 3. The van der Waals surface area contributed by atoms with E-state index in [2.05, 4.69) is 24.3 Å². The highest BCUT2D eigenvalue weighted by Crippen LogP contribution is 2.30. The molecule has 5 heteroatoms. The Morgan fingerprint density at radius 2 is 1.21 bits per heavy atom. The molecule has 0 radical (unpaired) electrons. The molecule has 29 heavy (non-hydrogen) atoms. The van der Waals surface area contributed by atoms with E-state index < -0.39 is 11.7 Å². The van der Waals surface area contributed by atoms with Crippen molar-refractivity contribution in [2.45, 2.75) is 25.4 Å². The molecule has 0 saturated carbocycles. The summed E-state index contributed by atoms with van der Waals surface area (Å²) in [6, 6.07) is 26.3. The minimum atomic E-state index is -4.33. The predicted octanol–water partition coefficient (Wildman–Crippen LogP) is 2.89. The first-order chi connectivity index (χ1) is 14.0. The van der Waals surface area contributed by atoms with E-state index in [-0.39, 0.29) is 6.17 Å². The maximum Gasteiger partial charge on any atom is 0.416 e. The van der Waals surface area contributed by atoms with Crippen molar-refractivity contribution in [1.29, 1.82) is 0 Å². The minimum absolute atomic E-state index is 0.0299.